The summed E-state index contributed by atoms with van der Waals surface area (Å²) in [6, 6.07) is 12.2. The number of nitrogens with one attached hydrogen (secondary N) is 2. The molecule has 0 saturated carbocycles. The van der Waals surface area contributed by atoms with Crippen molar-refractivity contribution in [3.63, 3.8) is 0 Å². The van der Waals surface area contributed by atoms with Gasteiger partial charge in [-0.3, -0.25) is 4.79 Å². The number of halogens is 1. The highest BCUT2D eigenvalue weighted by atomic mass is 19.1. The van der Waals surface area contributed by atoms with Crippen LogP contribution in [0.15, 0.2) is 42.5 Å². The Morgan fingerprint density at radius 3 is 2.46 bits per heavy atom. The van der Waals surface area contributed by atoms with Crippen LogP contribution in [-0.4, -0.2) is 32.7 Å². The second kappa shape index (κ2) is 8.45. The molecule has 2 aromatic rings. The van der Waals surface area contributed by atoms with Crippen molar-refractivity contribution in [1.29, 1.82) is 0 Å². The number of para-hydroxylation sites is 2. The Morgan fingerprint density at radius 1 is 1.12 bits per heavy atom. The average Bonchev–Trinajstić information content (AvgIpc) is 2.53. The normalized spacial score (nSPS) is 11.8. The highest BCUT2D eigenvalue weighted by molar-refractivity contribution is 5.93. The summed E-state index contributed by atoms with van der Waals surface area (Å²) in [7, 11) is 1.91. The fourth-order valence-corrected chi connectivity index (χ4v) is 2.45. The number of hydrogen-bond donors (Lipinski definition) is 2. The molecule has 2 N–H and O–H groups in total. The van der Waals surface area contributed by atoms with Crippen LogP contribution >= 0.6 is 0 Å². The Balaban J connectivity index is 1.79. The summed E-state index contributed by atoms with van der Waals surface area (Å²) < 4.78 is 18.9. The maximum absolute atomic E-state index is 13.4. The molecule has 2 rings (SSSR count). The van der Waals surface area contributed by atoms with Gasteiger partial charge in [-0.1, -0.05) is 30.3 Å². The van der Waals surface area contributed by atoms with Crippen molar-refractivity contribution in [3.8, 4) is 5.75 Å². The molecule has 0 fully saturated rings. The lowest BCUT2D eigenvalue weighted by Crippen LogP contribution is -3.10. The van der Waals surface area contributed by atoms with Gasteiger partial charge < -0.3 is 15.0 Å². The molecule has 0 aliphatic carbocycles. The van der Waals surface area contributed by atoms with Crippen molar-refractivity contribution in [1.82, 2.24) is 0 Å². The molecule has 1 amide bonds. The van der Waals surface area contributed by atoms with Crippen molar-refractivity contribution in [2.75, 3.05) is 32.1 Å². The van der Waals surface area contributed by atoms with Crippen molar-refractivity contribution >= 4 is 11.6 Å². The smallest absolute Gasteiger partial charge is 0.279 e. The average molecular weight is 331 g/mol. The second-order valence-electron chi connectivity index (χ2n) is 5.98. The standard InChI is InChI=1S/C19H23FN2O2/c1-14-7-6-8-15(2)19(14)21-18(23)13-22(3)11-12-24-17-10-5-4-9-16(17)20/h4-10H,11-13H2,1-3H3,(H,21,23)/p+1. The first-order valence-corrected chi connectivity index (χ1v) is 8.02. The van der Waals surface area contributed by atoms with E-state index in [1.807, 2.05) is 39.1 Å². The lowest BCUT2D eigenvalue weighted by atomic mass is 10.1. The SMILES string of the molecule is Cc1cccc(C)c1NC(=O)C[NH+](C)CCOc1ccccc1F. The molecule has 0 saturated heterocycles. The van der Waals surface area contributed by atoms with E-state index in [1.54, 1.807) is 18.2 Å². The lowest BCUT2D eigenvalue weighted by molar-refractivity contribution is -0.871. The van der Waals surface area contributed by atoms with Crippen LogP contribution in [0.4, 0.5) is 10.1 Å². The van der Waals surface area contributed by atoms with Crippen molar-refractivity contribution in [2.45, 2.75) is 13.8 Å². The molecule has 0 radical (unpaired) electrons. The number of benzene rings is 2. The van der Waals surface area contributed by atoms with Crippen LogP contribution in [0.5, 0.6) is 5.75 Å². The van der Waals surface area contributed by atoms with E-state index in [1.165, 1.54) is 6.07 Å². The number of quaternary nitrogens is 1. The first kappa shape index (κ1) is 17.9. The predicted octanol–water partition coefficient (Wildman–Crippen LogP) is 1.97. The van der Waals surface area contributed by atoms with Gasteiger partial charge in [-0.25, -0.2) is 4.39 Å². The number of aryl methyl sites for hydroxylation is 2. The number of ether oxygens (including phenoxy) is 1. The molecule has 1 atom stereocenters. The van der Waals surface area contributed by atoms with Gasteiger partial charge in [0.05, 0.1) is 7.05 Å². The third kappa shape index (κ3) is 5.06. The summed E-state index contributed by atoms with van der Waals surface area (Å²) >= 11 is 0. The molecule has 0 spiro atoms. The third-order valence-corrected chi connectivity index (χ3v) is 3.83. The van der Waals surface area contributed by atoms with E-state index in [2.05, 4.69) is 5.32 Å². The van der Waals surface area contributed by atoms with E-state index in [0.29, 0.717) is 19.7 Å². The van der Waals surface area contributed by atoms with Crippen molar-refractivity contribution in [2.24, 2.45) is 0 Å². The fourth-order valence-electron chi connectivity index (χ4n) is 2.45. The first-order chi connectivity index (χ1) is 11.5. The minimum atomic E-state index is -0.372. The third-order valence-electron chi connectivity index (χ3n) is 3.83. The number of anilines is 1. The molecule has 2 aromatic carbocycles. The Morgan fingerprint density at radius 2 is 1.79 bits per heavy atom. The van der Waals surface area contributed by atoms with Gasteiger partial charge in [0.25, 0.3) is 5.91 Å². The number of hydrogen-bond acceptors (Lipinski definition) is 2. The number of amides is 1. The maximum Gasteiger partial charge on any atom is 0.279 e. The largest absolute Gasteiger partial charge is 0.485 e. The van der Waals surface area contributed by atoms with Gasteiger partial charge >= 0.3 is 0 Å². The van der Waals surface area contributed by atoms with Crippen LogP contribution in [0.3, 0.4) is 0 Å². The second-order valence-corrected chi connectivity index (χ2v) is 5.98. The van der Waals surface area contributed by atoms with Gasteiger partial charge in [-0.2, -0.15) is 0 Å². The fraction of sp³-hybridized carbons (Fsp3) is 0.316. The van der Waals surface area contributed by atoms with E-state index in [-0.39, 0.29) is 17.5 Å². The Labute approximate surface area is 142 Å². The van der Waals surface area contributed by atoms with Crippen LogP contribution in [0.25, 0.3) is 0 Å². The minimum absolute atomic E-state index is 0.0456. The zero-order chi connectivity index (χ0) is 17.5. The van der Waals surface area contributed by atoms with E-state index in [4.69, 9.17) is 4.74 Å². The molecule has 5 heteroatoms. The van der Waals surface area contributed by atoms with Crippen LogP contribution in [0.1, 0.15) is 11.1 Å². The highest BCUT2D eigenvalue weighted by Crippen LogP contribution is 2.19. The van der Waals surface area contributed by atoms with E-state index in [0.717, 1.165) is 21.7 Å². The van der Waals surface area contributed by atoms with Gasteiger partial charge in [0, 0.05) is 5.69 Å². The Bertz CT molecular complexity index is 683. The zero-order valence-corrected chi connectivity index (χ0v) is 14.4. The number of carbonyl (C=O) groups excluding carboxylic acids is 1. The van der Waals surface area contributed by atoms with Gasteiger partial charge in [0.15, 0.2) is 18.1 Å². The van der Waals surface area contributed by atoms with Crippen LogP contribution < -0.4 is 15.0 Å². The molecule has 4 nitrogen and oxygen atoms in total. The van der Waals surface area contributed by atoms with Gasteiger partial charge in [0.2, 0.25) is 0 Å². The summed E-state index contributed by atoms with van der Waals surface area (Å²) in [6.07, 6.45) is 0. The molecular weight excluding hydrogens is 307 g/mol. The van der Waals surface area contributed by atoms with Crippen LogP contribution in [0.2, 0.25) is 0 Å². The molecule has 0 bridgehead atoms. The Kier molecular flexibility index (Phi) is 6.32. The molecule has 0 heterocycles. The van der Waals surface area contributed by atoms with Crippen LogP contribution in [0, 0.1) is 19.7 Å². The molecule has 1 unspecified atom stereocenters. The molecule has 128 valence electrons. The summed E-state index contributed by atoms with van der Waals surface area (Å²) in [5.41, 5.74) is 2.96. The number of rotatable bonds is 7. The van der Waals surface area contributed by atoms with E-state index >= 15 is 0 Å². The zero-order valence-electron chi connectivity index (χ0n) is 14.4. The number of likely N-dealkylation sites (N-methyl/N-ethyl adjacent to an activating group) is 1. The molecule has 0 aromatic heterocycles. The van der Waals surface area contributed by atoms with Crippen LogP contribution in [-0.2, 0) is 4.79 Å². The highest BCUT2D eigenvalue weighted by Gasteiger charge is 2.13. The first-order valence-electron chi connectivity index (χ1n) is 8.02. The van der Waals surface area contributed by atoms with Crippen molar-refractivity contribution < 1.29 is 18.8 Å². The summed E-state index contributed by atoms with van der Waals surface area (Å²) in [5.74, 6) is -0.177. The van der Waals surface area contributed by atoms with E-state index in [9.17, 15) is 9.18 Å². The van der Waals surface area contributed by atoms with Crippen molar-refractivity contribution in [3.05, 3.63) is 59.4 Å². The molecule has 0 aliphatic heterocycles. The van der Waals surface area contributed by atoms with Gasteiger partial charge in [-0.05, 0) is 37.1 Å². The summed E-state index contributed by atoms with van der Waals surface area (Å²) in [5, 5.41) is 2.97. The number of carbonyl (C=O) groups is 1. The van der Waals surface area contributed by atoms with Gasteiger partial charge in [0.1, 0.15) is 13.2 Å². The Hall–Kier alpha value is -2.40. The predicted molar refractivity (Wildman–Crippen MR) is 93.1 cm³/mol. The monoisotopic (exact) mass is 331 g/mol. The molecule has 24 heavy (non-hydrogen) atoms. The molecule has 0 aliphatic rings. The quantitative estimate of drug-likeness (QED) is 0.815. The lowest BCUT2D eigenvalue weighted by Gasteiger charge is -2.16. The minimum Gasteiger partial charge on any atom is -0.485 e. The topological polar surface area (TPSA) is 42.8 Å². The summed E-state index contributed by atoms with van der Waals surface area (Å²) in [4.78, 5) is 13.2. The molecular formula is C19H24FN2O2+. The van der Waals surface area contributed by atoms with E-state index < -0.39 is 0 Å². The maximum atomic E-state index is 13.4. The summed E-state index contributed by atoms with van der Waals surface area (Å²) in [6.45, 7) is 5.23. The van der Waals surface area contributed by atoms with Gasteiger partial charge in [-0.15, -0.1) is 0 Å².